The van der Waals surface area contributed by atoms with Crippen LogP contribution in [0.2, 0.25) is 0 Å². The Balaban J connectivity index is 2.16. The lowest BCUT2D eigenvalue weighted by molar-refractivity contribution is -0.123. The standard InChI is InChI=1S/C22H28N4O2S2/c1-6-14(3)26-21(28)18(30-22(26)29)11-16-15(4)17(12-23)20(27)24(5)19(16)25-9-7-13(2)8-10-25/h11,13-14H,6-10H2,1-5H3/b18-11-. The van der Waals surface area contributed by atoms with Gasteiger partial charge in [-0.1, -0.05) is 37.8 Å². The quantitative estimate of drug-likeness (QED) is 0.520. The Morgan fingerprint density at radius 3 is 2.53 bits per heavy atom. The highest BCUT2D eigenvalue weighted by atomic mass is 32.2. The average Bonchev–Trinajstić information content (AvgIpc) is 3.00. The van der Waals surface area contributed by atoms with Gasteiger partial charge in [-0.3, -0.25) is 19.1 Å². The van der Waals surface area contributed by atoms with Crippen LogP contribution < -0.4 is 10.5 Å². The van der Waals surface area contributed by atoms with E-state index in [1.165, 1.54) is 11.8 Å². The Morgan fingerprint density at radius 1 is 1.33 bits per heavy atom. The number of anilines is 1. The van der Waals surface area contributed by atoms with Crippen molar-refractivity contribution in [2.24, 2.45) is 13.0 Å². The predicted octanol–water partition coefficient (Wildman–Crippen LogP) is 3.80. The monoisotopic (exact) mass is 444 g/mol. The van der Waals surface area contributed by atoms with Gasteiger partial charge in [0.2, 0.25) is 0 Å². The van der Waals surface area contributed by atoms with Gasteiger partial charge in [-0.05, 0) is 50.7 Å². The van der Waals surface area contributed by atoms with E-state index in [0.717, 1.165) is 43.7 Å². The van der Waals surface area contributed by atoms with Crippen LogP contribution in [0.3, 0.4) is 0 Å². The Hall–Kier alpha value is -2.11. The van der Waals surface area contributed by atoms with Crippen LogP contribution >= 0.6 is 24.0 Å². The van der Waals surface area contributed by atoms with E-state index in [0.29, 0.717) is 20.7 Å². The number of carbonyl (C=O) groups is 1. The van der Waals surface area contributed by atoms with Crippen LogP contribution in [0.5, 0.6) is 0 Å². The van der Waals surface area contributed by atoms with Gasteiger partial charge in [0.25, 0.3) is 11.5 Å². The molecule has 2 aliphatic rings. The highest BCUT2D eigenvalue weighted by Crippen LogP contribution is 2.37. The molecule has 0 N–H and O–H groups in total. The van der Waals surface area contributed by atoms with Gasteiger partial charge >= 0.3 is 0 Å². The Labute approximate surface area is 187 Å². The van der Waals surface area contributed by atoms with Gasteiger partial charge in [0, 0.05) is 31.7 Å². The van der Waals surface area contributed by atoms with Crippen LogP contribution in [-0.2, 0) is 11.8 Å². The number of piperidine rings is 1. The van der Waals surface area contributed by atoms with E-state index < -0.39 is 0 Å². The predicted molar refractivity (Wildman–Crippen MR) is 127 cm³/mol. The molecular weight excluding hydrogens is 416 g/mol. The molecule has 1 amide bonds. The fourth-order valence-electron chi connectivity index (χ4n) is 3.99. The summed E-state index contributed by atoms with van der Waals surface area (Å²) in [7, 11) is 1.71. The molecule has 2 fully saturated rings. The fraction of sp³-hybridized carbons (Fsp3) is 0.545. The van der Waals surface area contributed by atoms with Crippen molar-refractivity contribution in [3.8, 4) is 6.07 Å². The van der Waals surface area contributed by atoms with Gasteiger partial charge in [-0.2, -0.15) is 5.26 Å². The number of nitriles is 1. The Kier molecular flexibility index (Phi) is 6.73. The number of nitrogens with zero attached hydrogens (tertiary/aromatic N) is 4. The molecule has 3 heterocycles. The SMILES string of the molecule is CCC(C)N1C(=O)/C(=C/c2c(C)c(C#N)c(=O)n(C)c2N2CCC(C)CC2)SC1=S. The number of thiocarbonyl (C=S) groups is 1. The molecule has 0 spiro atoms. The van der Waals surface area contributed by atoms with Gasteiger partial charge in [0.15, 0.2) is 0 Å². The normalized spacial score (nSPS) is 20.2. The smallest absolute Gasteiger partial charge is 0.270 e. The lowest BCUT2D eigenvalue weighted by atomic mass is 9.97. The molecule has 0 radical (unpaired) electrons. The molecule has 6 nitrogen and oxygen atoms in total. The van der Waals surface area contributed by atoms with Gasteiger partial charge in [-0.25, -0.2) is 0 Å². The van der Waals surface area contributed by atoms with Crippen LogP contribution in [0, 0.1) is 24.2 Å². The van der Waals surface area contributed by atoms with Gasteiger partial charge in [-0.15, -0.1) is 0 Å². The lowest BCUT2D eigenvalue weighted by Gasteiger charge is -2.34. The third kappa shape index (κ3) is 3.93. The van der Waals surface area contributed by atoms with Crippen molar-refractivity contribution in [1.82, 2.24) is 9.47 Å². The summed E-state index contributed by atoms with van der Waals surface area (Å²) >= 11 is 6.75. The maximum atomic E-state index is 13.1. The number of rotatable bonds is 4. The van der Waals surface area contributed by atoms with Crippen LogP contribution in [0.15, 0.2) is 9.70 Å². The van der Waals surface area contributed by atoms with Crippen molar-refractivity contribution >= 4 is 46.1 Å². The number of amides is 1. The molecule has 30 heavy (non-hydrogen) atoms. The van der Waals surface area contributed by atoms with E-state index in [1.807, 2.05) is 19.9 Å². The van der Waals surface area contributed by atoms with E-state index in [-0.39, 0.29) is 23.1 Å². The number of pyridine rings is 1. The summed E-state index contributed by atoms with van der Waals surface area (Å²) in [4.78, 5) is 30.3. The van der Waals surface area contributed by atoms with E-state index in [2.05, 4.69) is 17.9 Å². The molecule has 1 aromatic rings. The summed E-state index contributed by atoms with van der Waals surface area (Å²) in [6, 6.07) is 2.08. The second-order valence-electron chi connectivity index (χ2n) is 8.19. The molecule has 0 bridgehead atoms. The first-order chi connectivity index (χ1) is 14.2. The molecule has 0 aromatic carbocycles. The largest absolute Gasteiger partial charge is 0.357 e. The number of thioether (sulfide) groups is 1. The van der Waals surface area contributed by atoms with Crippen molar-refractivity contribution in [3.05, 3.63) is 31.9 Å². The van der Waals surface area contributed by atoms with Crippen LogP contribution in [-0.4, -0.2) is 38.8 Å². The number of hydrogen-bond donors (Lipinski definition) is 0. The van der Waals surface area contributed by atoms with Crippen molar-refractivity contribution in [3.63, 3.8) is 0 Å². The third-order valence-electron chi connectivity index (χ3n) is 6.18. The minimum absolute atomic E-state index is 0.0300. The summed E-state index contributed by atoms with van der Waals surface area (Å²) in [6.07, 6.45) is 4.73. The fourth-order valence-corrected chi connectivity index (χ4v) is 5.43. The number of aromatic nitrogens is 1. The van der Waals surface area contributed by atoms with Crippen LogP contribution in [0.4, 0.5) is 5.82 Å². The van der Waals surface area contributed by atoms with Crippen molar-refractivity contribution in [2.75, 3.05) is 18.0 Å². The number of carbonyl (C=O) groups excluding carboxylic acids is 1. The molecular formula is C22H28N4O2S2. The first-order valence-corrected chi connectivity index (χ1v) is 11.6. The first-order valence-electron chi connectivity index (χ1n) is 10.4. The molecule has 2 aliphatic heterocycles. The molecule has 160 valence electrons. The Morgan fingerprint density at radius 2 is 1.97 bits per heavy atom. The van der Waals surface area contributed by atoms with Crippen molar-refractivity contribution in [2.45, 2.75) is 53.0 Å². The van der Waals surface area contributed by atoms with E-state index in [1.54, 1.807) is 23.4 Å². The average molecular weight is 445 g/mol. The molecule has 2 saturated heterocycles. The summed E-state index contributed by atoms with van der Waals surface area (Å²) in [5.41, 5.74) is 1.19. The van der Waals surface area contributed by atoms with Crippen LogP contribution in [0.1, 0.15) is 56.7 Å². The minimum atomic E-state index is -0.298. The first kappa shape index (κ1) is 22.6. The highest BCUT2D eigenvalue weighted by Gasteiger charge is 2.35. The van der Waals surface area contributed by atoms with E-state index in [9.17, 15) is 14.9 Å². The minimum Gasteiger partial charge on any atom is -0.357 e. The molecule has 3 rings (SSSR count). The van der Waals surface area contributed by atoms with Gasteiger partial charge in [0.05, 0.1) is 4.91 Å². The zero-order valence-electron chi connectivity index (χ0n) is 18.2. The molecule has 8 heteroatoms. The second-order valence-corrected chi connectivity index (χ2v) is 9.87. The maximum Gasteiger partial charge on any atom is 0.270 e. The number of hydrogen-bond acceptors (Lipinski definition) is 6. The topological polar surface area (TPSA) is 69.3 Å². The maximum absolute atomic E-state index is 13.1. The molecule has 0 saturated carbocycles. The second kappa shape index (κ2) is 8.94. The summed E-state index contributed by atoms with van der Waals surface area (Å²) in [5, 5.41) is 9.59. The zero-order valence-corrected chi connectivity index (χ0v) is 19.8. The molecule has 1 atom stereocenters. The van der Waals surface area contributed by atoms with Gasteiger partial charge in [0.1, 0.15) is 21.8 Å². The lowest BCUT2D eigenvalue weighted by Crippen LogP contribution is -2.38. The molecule has 0 aliphatic carbocycles. The summed E-state index contributed by atoms with van der Waals surface area (Å²) in [5.74, 6) is 1.31. The molecule has 1 unspecified atom stereocenters. The van der Waals surface area contributed by atoms with Crippen LogP contribution in [0.25, 0.3) is 6.08 Å². The van der Waals surface area contributed by atoms with E-state index in [4.69, 9.17) is 12.2 Å². The summed E-state index contributed by atoms with van der Waals surface area (Å²) in [6.45, 7) is 9.72. The molecule has 1 aromatic heterocycles. The highest BCUT2D eigenvalue weighted by molar-refractivity contribution is 8.26. The third-order valence-corrected chi connectivity index (χ3v) is 7.51. The van der Waals surface area contributed by atoms with Crippen molar-refractivity contribution in [1.29, 1.82) is 5.26 Å². The van der Waals surface area contributed by atoms with E-state index >= 15 is 0 Å². The van der Waals surface area contributed by atoms with Crippen molar-refractivity contribution < 1.29 is 4.79 Å². The zero-order chi connectivity index (χ0) is 22.2. The van der Waals surface area contributed by atoms with Gasteiger partial charge < -0.3 is 4.90 Å². The summed E-state index contributed by atoms with van der Waals surface area (Å²) < 4.78 is 2.11. The Bertz CT molecular complexity index is 1010.